The summed E-state index contributed by atoms with van der Waals surface area (Å²) in [6.07, 6.45) is 4.39. The average molecular weight is 281 g/mol. The summed E-state index contributed by atoms with van der Waals surface area (Å²) in [5, 5.41) is 7.51. The predicted octanol–water partition coefficient (Wildman–Crippen LogP) is 3.18. The molecule has 2 rings (SSSR count). The smallest absolute Gasteiger partial charge is 0.243 e. The van der Waals surface area contributed by atoms with E-state index < -0.39 is 0 Å². The summed E-state index contributed by atoms with van der Waals surface area (Å²) in [7, 11) is 0. The van der Waals surface area contributed by atoms with Gasteiger partial charge >= 0.3 is 0 Å². The standard InChI is InChI=1S/C15H27N3O2/c1-5-16-12(4)13-17-14(18-20-13)15(19-6-2)9-7-8-11(3)10-15/h11-12,16H,5-10H2,1-4H3. The third kappa shape index (κ3) is 3.20. The van der Waals surface area contributed by atoms with Crippen molar-refractivity contribution in [3.8, 4) is 0 Å². The Labute approximate surface area is 121 Å². The van der Waals surface area contributed by atoms with Gasteiger partial charge in [-0.25, -0.2) is 0 Å². The van der Waals surface area contributed by atoms with Crippen LogP contribution in [0.25, 0.3) is 0 Å². The largest absolute Gasteiger partial charge is 0.367 e. The topological polar surface area (TPSA) is 60.2 Å². The third-order valence-corrected chi connectivity index (χ3v) is 4.11. The Morgan fingerprint density at radius 3 is 2.95 bits per heavy atom. The second kappa shape index (κ2) is 6.68. The summed E-state index contributed by atoms with van der Waals surface area (Å²) >= 11 is 0. The van der Waals surface area contributed by atoms with Gasteiger partial charge in [-0.15, -0.1) is 0 Å². The van der Waals surface area contributed by atoms with Gasteiger partial charge < -0.3 is 14.6 Å². The highest BCUT2D eigenvalue weighted by molar-refractivity contribution is 5.05. The van der Waals surface area contributed by atoms with Crippen LogP contribution in [0.4, 0.5) is 0 Å². The van der Waals surface area contributed by atoms with Crippen molar-refractivity contribution in [2.24, 2.45) is 5.92 Å². The summed E-state index contributed by atoms with van der Waals surface area (Å²) < 4.78 is 11.5. The molecule has 1 aliphatic rings. The fraction of sp³-hybridized carbons (Fsp3) is 0.867. The molecular formula is C15H27N3O2. The van der Waals surface area contributed by atoms with Gasteiger partial charge in [0.05, 0.1) is 6.04 Å². The van der Waals surface area contributed by atoms with Gasteiger partial charge in [-0.2, -0.15) is 4.98 Å². The van der Waals surface area contributed by atoms with Crippen LogP contribution in [-0.4, -0.2) is 23.3 Å². The van der Waals surface area contributed by atoms with Crippen LogP contribution >= 0.6 is 0 Å². The molecule has 1 aromatic heterocycles. The van der Waals surface area contributed by atoms with Crippen LogP contribution in [0.15, 0.2) is 4.52 Å². The van der Waals surface area contributed by atoms with Crippen molar-refractivity contribution in [2.45, 2.75) is 65.0 Å². The van der Waals surface area contributed by atoms with Crippen molar-refractivity contribution in [3.05, 3.63) is 11.7 Å². The molecule has 1 fully saturated rings. The second-order valence-electron chi connectivity index (χ2n) is 5.86. The van der Waals surface area contributed by atoms with Gasteiger partial charge in [-0.05, 0) is 45.6 Å². The Hall–Kier alpha value is -0.940. The van der Waals surface area contributed by atoms with E-state index in [1.165, 1.54) is 6.42 Å². The number of nitrogens with zero attached hydrogens (tertiary/aromatic N) is 2. The van der Waals surface area contributed by atoms with Crippen molar-refractivity contribution in [2.75, 3.05) is 13.2 Å². The van der Waals surface area contributed by atoms with E-state index in [0.717, 1.165) is 31.6 Å². The predicted molar refractivity (Wildman–Crippen MR) is 77.3 cm³/mol. The molecule has 0 bridgehead atoms. The number of rotatable bonds is 6. The summed E-state index contributed by atoms with van der Waals surface area (Å²) in [6.45, 7) is 9.97. The normalized spacial score (nSPS) is 28.5. The minimum atomic E-state index is -0.347. The van der Waals surface area contributed by atoms with Crippen molar-refractivity contribution in [1.29, 1.82) is 0 Å². The number of aromatic nitrogens is 2. The molecule has 3 atom stereocenters. The Bertz CT molecular complexity index is 417. The van der Waals surface area contributed by atoms with E-state index in [1.807, 2.05) is 13.8 Å². The summed E-state index contributed by atoms with van der Waals surface area (Å²) in [6, 6.07) is 0.0842. The van der Waals surface area contributed by atoms with Gasteiger partial charge in [-0.3, -0.25) is 0 Å². The molecule has 5 heteroatoms. The molecule has 3 unspecified atom stereocenters. The van der Waals surface area contributed by atoms with E-state index in [9.17, 15) is 0 Å². The lowest BCUT2D eigenvalue weighted by atomic mass is 9.78. The van der Waals surface area contributed by atoms with Crippen molar-refractivity contribution >= 4 is 0 Å². The first-order valence-corrected chi connectivity index (χ1v) is 7.82. The molecule has 0 amide bonds. The Morgan fingerprint density at radius 2 is 2.30 bits per heavy atom. The van der Waals surface area contributed by atoms with Crippen LogP contribution in [0.1, 0.15) is 71.1 Å². The summed E-state index contributed by atoms with van der Waals surface area (Å²) in [4.78, 5) is 4.61. The van der Waals surface area contributed by atoms with Crippen LogP contribution in [0.5, 0.6) is 0 Å². The van der Waals surface area contributed by atoms with Crippen molar-refractivity contribution < 1.29 is 9.26 Å². The maximum absolute atomic E-state index is 6.07. The molecule has 1 N–H and O–H groups in total. The zero-order valence-corrected chi connectivity index (χ0v) is 13.1. The highest BCUT2D eigenvalue weighted by atomic mass is 16.5. The zero-order valence-electron chi connectivity index (χ0n) is 13.1. The fourth-order valence-electron chi connectivity index (χ4n) is 3.17. The molecule has 5 nitrogen and oxygen atoms in total. The van der Waals surface area contributed by atoms with Gasteiger partial charge in [0.25, 0.3) is 0 Å². The number of hydrogen-bond acceptors (Lipinski definition) is 5. The van der Waals surface area contributed by atoms with Crippen molar-refractivity contribution in [1.82, 2.24) is 15.5 Å². The Balaban J connectivity index is 2.21. The molecule has 0 aromatic carbocycles. The minimum Gasteiger partial charge on any atom is -0.367 e. The highest BCUT2D eigenvalue weighted by Crippen LogP contribution is 2.41. The quantitative estimate of drug-likeness (QED) is 0.867. The highest BCUT2D eigenvalue weighted by Gasteiger charge is 2.41. The minimum absolute atomic E-state index is 0.0842. The van der Waals surface area contributed by atoms with E-state index in [0.29, 0.717) is 18.4 Å². The SMILES string of the molecule is CCNC(C)c1nc(C2(OCC)CCCC(C)C2)no1. The summed E-state index contributed by atoms with van der Waals surface area (Å²) in [5.41, 5.74) is -0.347. The van der Waals surface area contributed by atoms with Gasteiger partial charge in [-0.1, -0.05) is 25.4 Å². The van der Waals surface area contributed by atoms with Crippen LogP contribution < -0.4 is 5.32 Å². The molecule has 1 saturated carbocycles. The van der Waals surface area contributed by atoms with E-state index in [4.69, 9.17) is 9.26 Å². The van der Waals surface area contributed by atoms with Gasteiger partial charge in [0.2, 0.25) is 11.7 Å². The van der Waals surface area contributed by atoms with E-state index in [-0.39, 0.29) is 11.6 Å². The summed E-state index contributed by atoms with van der Waals surface area (Å²) in [5.74, 6) is 2.02. The monoisotopic (exact) mass is 281 g/mol. The second-order valence-corrected chi connectivity index (χ2v) is 5.86. The lowest BCUT2D eigenvalue weighted by Gasteiger charge is -2.37. The first-order chi connectivity index (χ1) is 9.61. The van der Waals surface area contributed by atoms with Crippen LogP contribution in [0, 0.1) is 5.92 Å². The molecule has 1 heterocycles. The lowest BCUT2D eigenvalue weighted by Crippen LogP contribution is -2.36. The molecule has 0 spiro atoms. The molecule has 1 aliphatic carbocycles. The molecule has 0 radical (unpaired) electrons. The molecule has 20 heavy (non-hydrogen) atoms. The lowest BCUT2D eigenvalue weighted by molar-refractivity contribution is -0.0891. The van der Waals surface area contributed by atoms with Crippen molar-refractivity contribution in [3.63, 3.8) is 0 Å². The Kier molecular flexibility index (Phi) is 5.16. The van der Waals surface area contributed by atoms with Gasteiger partial charge in [0.1, 0.15) is 5.60 Å². The average Bonchev–Trinajstić information content (AvgIpc) is 2.89. The Morgan fingerprint density at radius 1 is 1.50 bits per heavy atom. The third-order valence-electron chi connectivity index (χ3n) is 4.11. The molecule has 0 saturated heterocycles. The first kappa shape index (κ1) is 15.4. The molecule has 114 valence electrons. The van der Waals surface area contributed by atoms with Gasteiger partial charge in [0, 0.05) is 6.61 Å². The van der Waals surface area contributed by atoms with Crippen LogP contribution in [-0.2, 0) is 10.3 Å². The van der Waals surface area contributed by atoms with E-state index in [2.05, 4.69) is 29.3 Å². The first-order valence-electron chi connectivity index (χ1n) is 7.82. The maximum Gasteiger partial charge on any atom is 0.243 e. The zero-order chi connectivity index (χ0) is 14.6. The molecule has 1 aromatic rings. The van der Waals surface area contributed by atoms with Gasteiger partial charge in [0.15, 0.2) is 0 Å². The molecular weight excluding hydrogens is 254 g/mol. The van der Waals surface area contributed by atoms with E-state index in [1.54, 1.807) is 0 Å². The van der Waals surface area contributed by atoms with E-state index >= 15 is 0 Å². The number of hydrogen-bond donors (Lipinski definition) is 1. The maximum atomic E-state index is 6.07. The van der Waals surface area contributed by atoms with Crippen LogP contribution in [0.2, 0.25) is 0 Å². The number of ether oxygens (including phenoxy) is 1. The molecule has 0 aliphatic heterocycles. The fourth-order valence-corrected chi connectivity index (χ4v) is 3.17. The van der Waals surface area contributed by atoms with Crippen LogP contribution in [0.3, 0.4) is 0 Å². The number of nitrogens with one attached hydrogen (secondary N) is 1.